The van der Waals surface area contributed by atoms with E-state index in [1.54, 1.807) is 12.1 Å². The van der Waals surface area contributed by atoms with Gasteiger partial charge in [-0.15, -0.1) is 11.6 Å². The molecule has 16 heavy (non-hydrogen) atoms. The van der Waals surface area contributed by atoms with E-state index in [0.717, 1.165) is 4.47 Å². The molecule has 1 aliphatic heterocycles. The van der Waals surface area contributed by atoms with Gasteiger partial charge in [0.1, 0.15) is 19.1 Å². The fourth-order valence-corrected chi connectivity index (χ4v) is 1.90. The number of carbonyl (C=O) groups excluding carboxylic acids is 1. The molecule has 86 valence electrons. The van der Waals surface area contributed by atoms with E-state index in [1.807, 2.05) is 0 Å². The van der Waals surface area contributed by atoms with Crippen LogP contribution in [0.2, 0.25) is 0 Å². The smallest absolute Gasteiger partial charge is 0.239 e. The largest absolute Gasteiger partial charge is 0.486 e. The summed E-state index contributed by atoms with van der Waals surface area (Å²) in [6, 6.07) is 3.54. The van der Waals surface area contributed by atoms with Crippen LogP contribution in [0.3, 0.4) is 0 Å². The lowest BCUT2D eigenvalue weighted by Crippen LogP contribution is -2.19. The summed E-state index contributed by atoms with van der Waals surface area (Å²) in [7, 11) is 0. The first kappa shape index (κ1) is 11.5. The van der Waals surface area contributed by atoms with Gasteiger partial charge in [0.2, 0.25) is 5.91 Å². The second kappa shape index (κ2) is 4.93. The Labute approximate surface area is 106 Å². The minimum absolute atomic E-state index is 0.0951. The average Bonchev–Trinajstić information content (AvgIpc) is 2.28. The van der Waals surface area contributed by atoms with E-state index in [4.69, 9.17) is 21.1 Å². The molecule has 0 atom stereocenters. The van der Waals surface area contributed by atoms with E-state index in [-0.39, 0.29) is 11.8 Å². The van der Waals surface area contributed by atoms with E-state index >= 15 is 0 Å². The highest BCUT2D eigenvalue weighted by molar-refractivity contribution is 9.10. The Morgan fingerprint density at radius 1 is 1.44 bits per heavy atom. The molecule has 4 nitrogen and oxygen atoms in total. The molecule has 0 unspecified atom stereocenters. The maximum atomic E-state index is 11.2. The minimum atomic E-state index is -0.281. The fourth-order valence-electron chi connectivity index (χ4n) is 1.40. The summed E-state index contributed by atoms with van der Waals surface area (Å²) < 4.78 is 11.7. The molecule has 0 saturated carbocycles. The molecule has 1 aromatic rings. The van der Waals surface area contributed by atoms with Crippen molar-refractivity contribution < 1.29 is 14.3 Å². The van der Waals surface area contributed by atoms with Gasteiger partial charge < -0.3 is 14.8 Å². The van der Waals surface area contributed by atoms with Crippen LogP contribution in [0.15, 0.2) is 16.6 Å². The van der Waals surface area contributed by atoms with Crippen LogP contribution < -0.4 is 14.8 Å². The molecular formula is C10H9BrClNO3. The van der Waals surface area contributed by atoms with Gasteiger partial charge in [0.05, 0.1) is 5.69 Å². The molecule has 0 bridgehead atoms. The highest BCUT2D eigenvalue weighted by Crippen LogP contribution is 2.40. The lowest BCUT2D eigenvalue weighted by molar-refractivity contribution is -0.113. The molecule has 0 aromatic heterocycles. The molecule has 1 N–H and O–H groups in total. The van der Waals surface area contributed by atoms with Crippen LogP contribution in [-0.4, -0.2) is 25.0 Å². The summed E-state index contributed by atoms with van der Waals surface area (Å²) in [5.74, 6) is 0.789. The predicted octanol–water partition coefficient (Wildman–Crippen LogP) is 2.40. The number of benzene rings is 1. The number of rotatable bonds is 2. The Hall–Kier alpha value is -0.940. The third-order valence-corrected chi connectivity index (χ3v) is 2.70. The Kier molecular flexibility index (Phi) is 3.56. The molecule has 0 aliphatic carbocycles. The minimum Gasteiger partial charge on any atom is -0.486 e. The Morgan fingerprint density at radius 2 is 2.19 bits per heavy atom. The van der Waals surface area contributed by atoms with Crippen LogP contribution in [0.25, 0.3) is 0 Å². The standard InChI is InChI=1S/C10H9BrClNO3/c11-6-3-7(13-9(14)5-12)10-8(4-6)15-1-2-16-10/h3-4H,1-2,5H2,(H,13,14). The van der Waals surface area contributed by atoms with Gasteiger partial charge in [-0.05, 0) is 12.1 Å². The Balaban J connectivity index is 2.35. The monoisotopic (exact) mass is 305 g/mol. The van der Waals surface area contributed by atoms with E-state index in [9.17, 15) is 4.79 Å². The van der Waals surface area contributed by atoms with Crippen LogP contribution >= 0.6 is 27.5 Å². The second-order valence-corrected chi connectivity index (χ2v) is 4.34. The molecular weight excluding hydrogens is 297 g/mol. The van der Waals surface area contributed by atoms with Crippen molar-refractivity contribution in [3.8, 4) is 11.5 Å². The van der Waals surface area contributed by atoms with Crippen molar-refractivity contribution >= 4 is 39.1 Å². The van der Waals surface area contributed by atoms with Gasteiger partial charge in [-0.3, -0.25) is 4.79 Å². The molecule has 0 spiro atoms. The van der Waals surface area contributed by atoms with Crippen LogP contribution in [0.4, 0.5) is 5.69 Å². The molecule has 1 aliphatic rings. The van der Waals surface area contributed by atoms with Crippen molar-refractivity contribution in [2.75, 3.05) is 24.4 Å². The van der Waals surface area contributed by atoms with Crippen LogP contribution in [0, 0.1) is 0 Å². The van der Waals surface area contributed by atoms with Gasteiger partial charge >= 0.3 is 0 Å². The average molecular weight is 307 g/mol. The van der Waals surface area contributed by atoms with Crippen molar-refractivity contribution in [2.45, 2.75) is 0 Å². The molecule has 2 rings (SSSR count). The van der Waals surface area contributed by atoms with Crippen LogP contribution in [0.5, 0.6) is 11.5 Å². The van der Waals surface area contributed by atoms with E-state index in [0.29, 0.717) is 30.4 Å². The highest BCUT2D eigenvalue weighted by Gasteiger charge is 2.18. The summed E-state index contributed by atoms with van der Waals surface area (Å²) in [6.45, 7) is 0.977. The third-order valence-electron chi connectivity index (χ3n) is 2.00. The molecule has 1 heterocycles. The zero-order valence-corrected chi connectivity index (χ0v) is 10.6. The number of alkyl halides is 1. The number of fused-ring (bicyclic) bond motifs is 1. The maximum Gasteiger partial charge on any atom is 0.239 e. The highest BCUT2D eigenvalue weighted by atomic mass is 79.9. The summed E-state index contributed by atoms with van der Waals surface area (Å²) in [5, 5.41) is 2.65. The summed E-state index contributed by atoms with van der Waals surface area (Å²) in [4.78, 5) is 11.2. The zero-order valence-electron chi connectivity index (χ0n) is 8.26. The molecule has 1 amide bonds. The maximum absolute atomic E-state index is 11.2. The first-order chi connectivity index (χ1) is 7.70. The zero-order chi connectivity index (χ0) is 11.5. The number of ether oxygens (including phenoxy) is 2. The van der Waals surface area contributed by atoms with Gasteiger partial charge in [0.25, 0.3) is 0 Å². The molecule has 0 radical (unpaired) electrons. The SMILES string of the molecule is O=C(CCl)Nc1cc(Br)cc2c1OCCO2. The first-order valence-corrected chi connectivity index (χ1v) is 5.98. The van der Waals surface area contributed by atoms with Crippen LogP contribution in [0.1, 0.15) is 0 Å². The number of hydrogen-bond acceptors (Lipinski definition) is 3. The van der Waals surface area contributed by atoms with Crippen molar-refractivity contribution in [3.63, 3.8) is 0 Å². The number of anilines is 1. The number of nitrogens with one attached hydrogen (secondary N) is 1. The Morgan fingerprint density at radius 3 is 2.94 bits per heavy atom. The van der Waals surface area contributed by atoms with Crippen molar-refractivity contribution in [1.82, 2.24) is 0 Å². The first-order valence-electron chi connectivity index (χ1n) is 4.65. The summed E-state index contributed by atoms with van der Waals surface area (Å²) in [6.07, 6.45) is 0. The van der Waals surface area contributed by atoms with Gasteiger partial charge in [0.15, 0.2) is 11.5 Å². The topological polar surface area (TPSA) is 47.6 Å². The second-order valence-electron chi connectivity index (χ2n) is 3.16. The van der Waals surface area contributed by atoms with E-state index in [2.05, 4.69) is 21.2 Å². The summed E-state index contributed by atoms with van der Waals surface area (Å²) in [5.41, 5.74) is 0.565. The quantitative estimate of drug-likeness (QED) is 0.854. The van der Waals surface area contributed by atoms with E-state index < -0.39 is 0 Å². The number of halogens is 2. The van der Waals surface area contributed by atoms with Crippen molar-refractivity contribution in [3.05, 3.63) is 16.6 Å². The predicted molar refractivity (Wildman–Crippen MR) is 64.5 cm³/mol. The molecule has 1 aromatic carbocycles. The van der Waals surface area contributed by atoms with Gasteiger partial charge in [-0.1, -0.05) is 15.9 Å². The van der Waals surface area contributed by atoms with Crippen LogP contribution in [-0.2, 0) is 4.79 Å². The number of hydrogen-bond donors (Lipinski definition) is 1. The van der Waals surface area contributed by atoms with Gasteiger partial charge in [0, 0.05) is 4.47 Å². The lowest BCUT2D eigenvalue weighted by Gasteiger charge is -2.21. The van der Waals surface area contributed by atoms with E-state index in [1.165, 1.54) is 0 Å². The molecule has 6 heteroatoms. The Bertz CT molecular complexity index is 425. The fraction of sp³-hybridized carbons (Fsp3) is 0.300. The van der Waals surface area contributed by atoms with Gasteiger partial charge in [-0.25, -0.2) is 0 Å². The normalized spacial score (nSPS) is 13.4. The summed E-state index contributed by atoms with van der Waals surface area (Å²) >= 11 is 8.76. The number of amides is 1. The lowest BCUT2D eigenvalue weighted by atomic mass is 10.2. The van der Waals surface area contributed by atoms with Crippen molar-refractivity contribution in [1.29, 1.82) is 0 Å². The van der Waals surface area contributed by atoms with Gasteiger partial charge in [-0.2, -0.15) is 0 Å². The number of carbonyl (C=O) groups is 1. The molecule has 0 saturated heterocycles. The van der Waals surface area contributed by atoms with Crippen molar-refractivity contribution in [2.24, 2.45) is 0 Å². The third kappa shape index (κ3) is 2.41. The molecule has 0 fully saturated rings.